The van der Waals surface area contributed by atoms with Crippen LogP contribution in [-0.4, -0.2) is 22.3 Å². The van der Waals surface area contributed by atoms with Gasteiger partial charge >= 0.3 is 5.97 Å². The highest BCUT2D eigenvalue weighted by Gasteiger charge is 2.28. The molecule has 0 saturated heterocycles. The van der Waals surface area contributed by atoms with Gasteiger partial charge in [-0.25, -0.2) is 0 Å². The molecular weight excluding hydrogens is 360 g/mol. The van der Waals surface area contributed by atoms with E-state index in [1.807, 2.05) is 6.08 Å². The van der Waals surface area contributed by atoms with E-state index in [0.717, 1.165) is 32.1 Å². The first-order valence-corrected chi connectivity index (χ1v) is 11.1. The normalized spacial score (nSPS) is 20.4. The van der Waals surface area contributed by atoms with Gasteiger partial charge in [-0.3, -0.25) is 4.79 Å². The average molecular weight is 397 g/mol. The number of carboxylic acids is 1. The van der Waals surface area contributed by atoms with E-state index in [0.29, 0.717) is 18.3 Å². The van der Waals surface area contributed by atoms with Crippen molar-refractivity contribution in [2.45, 2.75) is 76.7 Å². The van der Waals surface area contributed by atoms with Crippen LogP contribution in [0.3, 0.4) is 0 Å². The van der Waals surface area contributed by atoms with Crippen LogP contribution >= 0.6 is 0 Å². The molecule has 0 heterocycles. The smallest absolute Gasteiger partial charge is 0.303 e. The van der Waals surface area contributed by atoms with Crippen molar-refractivity contribution >= 4 is 5.97 Å². The van der Waals surface area contributed by atoms with Gasteiger partial charge in [0.25, 0.3) is 0 Å². The molecule has 0 bridgehead atoms. The minimum absolute atomic E-state index is 0.227. The molecular formula is C26H36O3. The SMILES string of the molecule is CCCCCC(O)/C=C/[C@H]1C(C/C=C\CCCC(=O)O)=CCC1c1ccccc1. The van der Waals surface area contributed by atoms with Gasteiger partial charge in [-0.2, -0.15) is 0 Å². The Morgan fingerprint density at radius 1 is 1.17 bits per heavy atom. The molecule has 2 rings (SSSR count). The van der Waals surface area contributed by atoms with Crippen LogP contribution in [0.2, 0.25) is 0 Å². The Bertz CT molecular complexity index is 687. The number of hydrogen-bond acceptors (Lipinski definition) is 2. The molecule has 0 aliphatic heterocycles. The second kappa shape index (κ2) is 13.2. The third-order valence-electron chi connectivity index (χ3n) is 5.65. The van der Waals surface area contributed by atoms with E-state index >= 15 is 0 Å². The zero-order valence-electron chi connectivity index (χ0n) is 17.7. The summed E-state index contributed by atoms with van der Waals surface area (Å²) in [7, 11) is 0. The molecule has 0 saturated carbocycles. The van der Waals surface area contributed by atoms with E-state index < -0.39 is 5.97 Å². The first-order chi connectivity index (χ1) is 14.1. The zero-order chi connectivity index (χ0) is 20.9. The summed E-state index contributed by atoms with van der Waals surface area (Å²) in [6.45, 7) is 2.18. The average Bonchev–Trinajstić information content (AvgIpc) is 3.12. The minimum Gasteiger partial charge on any atom is -0.481 e. The molecule has 2 N–H and O–H groups in total. The quantitative estimate of drug-likeness (QED) is 0.299. The van der Waals surface area contributed by atoms with Gasteiger partial charge in [0.15, 0.2) is 0 Å². The molecule has 1 aliphatic rings. The summed E-state index contributed by atoms with van der Waals surface area (Å²) in [4.78, 5) is 10.6. The van der Waals surface area contributed by atoms with Crippen LogP contribution in [0.5, 0.6) is 0 Å². The molecule has 158 valence electrons. The van der Waals surface area contributed by atoms with Gasteiger partial charge in [0, 0.05) is 12.3 Å². The Morgan fingerprint density at radius 3 is 2.69 bits per heavy atom. The first kappa shape index (κ1) is 23.2. The summed E-state index contributed by atoms with van der Waals surface area (Å²) >= 11 is 0. The number of rotatable bonds is 13. The Morgan fingerprint density at radius 2 is 1.97 bits per heavy atom. The summed E-state index contributed by atoms with van der Waals surface area (Å²) in [6.07, 6.45) is 18.3. The molecule has 0 fully saturated rings. The number of unbranched alkanes of at least 4 members (excludes halogenated alkanes) is 3. The Hall–Kier alpha value is -2.13. The van der Waals surface area contributed by atoms with Crippen molar-refractivity contribution in [3.8, 4) is 0 Å². The summed E-state index contributed by atoms with van der Waals surface area (Å²) < 4.78 is 0. The maximum Gasteiger partial charge on any atom is 0.303 e. The number of aliphatic hydroxyl groups is 1. The fourth-order valence-corrected chi connectivity index (χ4v) is 4.00. The number of aliphatic hydroxyl groups excluding tert-OH is 1. The maximum atomic E-state index is 10.6. The molecule has 0 radical (unpaired) electrons. The van der Waals surface area contributed by atoms with Gasteiger partial charge in [-0.1, -0.05) is 92.5 Å². The van der Waals surface area contributed by atoms with Crippen molar-refractivity contribution < 1.29 is 15.0 Å². The van der Waals surface area contributed by atoms with Crippen LogP contribution in [0.1, 0.15) is 76.2 Å². The van der Waals surface area contributed by atoms with Crippen molar-refractivity contribution in [1.29, 1.82) is 0 Å². The van der Waals surface area contributed by atoms with Crippen LogP contribution < -0.4 is 0 Å². The molecule has 3 atom stereocenters. The van der Waals surface area contributed by atoms with Crippen molar-refractivity contribution in [2.24, 2.45) is 5.92 Å². The number of benzene rings is 1. The standard InChI is InChI=1S/C26H36O3/c1-2-3-7-15-23(27)18-20-25-22(14-8-4-5-11-16-26(28)29)17-19-24(25)21-12-9-6-10-13-21/h4,6,8-10,12-13,17-18,20,23-25,27H,2-3,5,7,11,14-16,19H2,1H3,(H,28,29)/b8-4-,20-18+/t23?,24?,25-/m0/s1. The zero-order valence-corrected chi connectivity index (χ0v) is 17.7. The third-order valence-corrected chi connectivity index (χ3v) is 5.65. The molecule has 1 aromatic rings. The summed E-state index contributed by atoms with van der Waals surface area (Å²) in [6, 6.07) is 10.6. The highest BCUT2D eigenvalue weighted by atomic mass is 16.4. The summed E-state index contributed by atoms with van der Waals surface area (Å²) in [5.41, 5.74) is 2.74. The number of carbonyl (C=O) groups is 1. The van der Waals surface area contributed by atoms with Crippen LogP contribution in [0, 0.1) is 5.92 Å². The fraction of sp³-hybridized carbons (Fsp3) is 0.500. The lowest BCUT2D eigenvalue weighted by atomic mass is 9.84. The Balaban J connectivity index is 1.98. The maximum absolute atomic E-state index is 10.6. The predicted molar refractivity (Wildman–Crippen MR) is 120 cm³/mol. The van der Waals surface area contributed by atoms with Gasteiger partial charge in [0.2, 0.25) is 0 Å². The van der Waals surface area contributed by atoms with Crippen molar-refractivity contribution in [3.63, 3.8) is 0 Å². The summed E-state index contributed by atoms with van der Waals surface area (Å²) in [5, 5.41) is 19.1. The van der Waals surface area contributed by atoms with Crippen LogP contribution in [0.25, 0.3) is 0 Å². The van der Waals surface area contributed by atoms with Gasteiger partial charge in [0.1, 0.15) is 0 Å². The largest absolute Gasteiger partial charge is 0.481 e. The third kappa shape index (κ3) is 8.41. The van der Waals surface area contributed by atoms with E-state index in [1.54, 1.807) is 0 Å². The van der Waals surface area contributed by atoms with Gasteiger partial charge < -0.3 is 10.2 Å². The molecule has 1 aliphatic carbocycles. The number of hydrogen-bond donors (Lipinski definition) is 2. The Kier molecular flexibility index (Phi) is 10.5. The Labute approximate surface area is 175 Å². The lowest BCUT2D eigenvalue weighted by molar-refractivity contribution is -0.137. The lowest BCUT2D eigenvalue weighted by Crippen LogP contribution is -2.10. The number of allylic oxidation sites excluding steroid dienone is 5. The van der Waals surface area contributed by atoms with E-state index in [1.165, 1.54) is 24.0 Å². The topological polar surface area (TPSA) is 57.5 Å². The van der Waals surface area contributed by atoms with Gasteiger partial charge in [-0.05, 0) is 43.6 Å². The number of carboxylic acid groups (broad SMARTS) is 1. The predicted octanol–water partition coefficient (Wildman–Crippen LogP) is 6.42. The van der Waals surface area contributed by atoms with E-state index in [2.05, 4.69) is 61.6 Å². The minimum atomic E-state index is -0.731. The molecule has 3 nitrogen and oxygen atoms in total. The van der Waals surface area contributed by atoms with E-state index in [-0.39, 0.29) is 12.5 Å². The molecule has 0 amide bonds. The molecule has 0 spiro atoms. The van der Waals surface area contributed by atoms with Crippen LogP contribution in [0.4, 0.5) is 0 Å². The van der Waals surface area contributed by atoms with E-state index in [9.17, 15) is 9.90 Å². The molecule has 29 heavy (non-hydrogen) atoms. The van der Waals surface area contributed by atoms with Crippen molar-refractivity contribution in [3.05, 3.63) is 71.8 Å². The monoisotopic (exact) mass is 396 g/mol. The molecule has 1 aromatic carbocycles. The molecule has 3 heteroatoms. The highest BCUT2D eigenvalue weighted by Crippen LogP contribution is 2.42. The molecule has 0 aromatic heterocycles. The first-order valence-electron chi connectivity index (χ1n) is 11.1. The second-order valence-corrected chi connectivity index (χ2v) is 7.97. The summed E-state index contributed by atoms with van der Waals surface area (Å²) in [5.74, 6) is -0.00195. The van der Waals surface area contributed by atoms with Gasteiger partial charge in [0.05, 0.1) is 6.10 Å². The van der Waals surface area contributed by atoms with Crippen LogP contribution in [-0.2, 0) is 4.79 Å². The second-order valence-electron chi connectivity index (χ2n) is 7.97. The lowest BCUT2D eigenvalue weighted by Gasteiger charge is -2.21. The van der Waals surface area contributed by atoms with E-state index in [4.69, 9.17) is 5.11 Å². The molecule has 2 unspecified atom stereocenters. The number of aliphatic carboxylic acids is 1. The van der Waals surface area contributed by atoms with Crippen molar-refractivity contribution in [2.75, 3.05) is 0 Å². The van der Waals surface area contributed by atoms with Gasteiger partial charge in [-0.15, -0.1) is 0 Å². The highest BCUT2D eigenvalue weighted by molar-refractivity contribution is 5.66. The van der Waals surface area contributed by atoms with Crippen LogP contribution in [0.15, 0.2) is 66.3 Å². The fourth-order valence-electron chi connectivity index (χ4n) is 4.00. The van der Waals surface area contributed by atoms with Crippen molar-refractivity contribution in [1.82, 2.24) is 0 Å².